The molecule has 0 aliphatic carbocycles. The van der Waals surface area contributed by atoms with Gasteiger partial charge in [-0.05, 0) is 31.4 Å². The highest BCUT2D eigenvalue weighted by molar-refractivity contribution is 5.19. The van der Waals surface area contributed by atoms with Crippen LogP contribution in [0.15, 0.2) is 60.7 Å². The van der Waals surface area contributed by atoms with Gasteiger partial charge in [0.2, 0.25) is 0 Å². The van der Waals surface area contributed by atoms with Crippen molar-refractivity contribution in [2.24, 2.45) is 0 Å². The Morgan fingerprint density at radius 3 is 2.00 bits per heavy atom. The first-order valence-electron chi connectivity index (χ1n) is 6.60. The molecule has 0 saturated heterocycles. The number of hydrogen-bond donors (Lipinski definition) is 1. The molecule has 94 valence electrons. The van der Waals surface area contributed by atoms with E-state index in [1.165, 1.54) is 11.1 Å². The molecule has 1 N–H and O–H groups in total. The van der Waals surface area contributed by atoms with E-state index in [0.29, 0.717) is 12.1 Å². The smallest absolute Gasteiger partial charge is 0.0294 e. The first kappa shape index (κ1) is 12.8. The van der Waals surface area contributed by atoms with Crippen molar-refractivity contribution >= 4 is 0 Å². The normalized spacial score (nSPS) is 14.1. The zero-order valence-electron chi connectivity index (χ0n) is 11.1. The average Bonchev–Trinajstić information content (AvgIpc) is 2.40. The van der Waals surface area contributed by atoms with Gasteiger partial charge >= 0.3 is 0 Å². The molecule has 0 saturated carbocycles. The van der Waals surface area contributed by atoms with E-state index in [-0.39, 0.29) is 0 Å². The van der Waals surface area contributed by atoms with Crippen molar-refractivity contribution in [1.29, 1.82) is 0 Å². The summed E-state index contributed by atoms with van der Waals surface area (Å²) in [5, 5.41) is 3.64. The fraction of sp³-hybridized carbons (Fsp3) is 0.294. The van der Waals surface area contributed by atoms with E-state index in [2.05, 4.69) is 79.8 Å². The molecule has 1 heteroatoms. The minimum absolute atomic E-state index is 0.393. The fourth-order valence-corrected chi connectivity index (χ4v) is 2.29. The maximum absolute atomic E-state index is 3.64. The molecule has 0 aromatic heterocycles. The lowest BCUT2D eigenvalue weighted by atomic mass is 10.0. The van der Waals surface area contributed by atoms with Crippen LogP contribution in [0.3, 0.4) is 0 Å². The Bertz CT molecular complexity index is 450. The van der Waals surface area contributed by atoms with Gasteiger partial charge in [-0.3, -0.25) is 0 Å². The van der Waals surface area contributed by atoms with Gasteiger partial charge in [0.25, 0.3) is 0 Å². The Morgan fingerprint density at radius 2 is 1.39 bits per heavy atom. The van der Waals surface area contributed by atoms with E-state index >= 15 is 0 Å². The molecule has 2 rings (SSSR count). The van der Waals surface area contributed by atoms with Gasteiger partial charge in [0.1, 0.15) is 0 Å². The molecule has 1 nitrogen and oxygen atoms in total. The molecule has 0 aliphatic heterocycles. The molecule has 1 unspecified atom stereocenters. The van der Waals surface area contributed by atoms with Crippen LogP contribution in [0.5, 0.6) is 0 Å². The van der Waals surface area contributed by atoms with Crippen molar-refractivity contribution in [3.05, 3.63) is 71.8 Å². The quantitative estimate of drug-likeness (QED) is 0.832. The van der Waals surface area contributed by atoms with Crippen LogP contribution in [-0.4, -0.2) is 6.04 Å². The van der Waals surface area contributed by atoms with Crippen LogP contribution in [0.4, 0.5) is 0 Å². The lowest BCUT2D eigenvalue weighted by Gasteiger charge is -2.20. The average molecular weight is 239 g/mol. The van der Waals surface area contributed by atoms with Crippen molar-refractivity contribution in [2.45, 2.75) is 32.4 Å². The third-order valence-corrected chi connectivity index (χ3v) is 3.22. The van der Waals surface area contributed by atoms with Crippen LogP contribution >= 0.6 is 0 Å². The van der Waals surface area contributed by atoms with Crippen LogP contribution in [0.2, 0.25) is 0 Å². The molecule has 0 heterocycles. The second kappa shape index (κ2) is 6.36. The van der Waals surface area contributed by atoms with E-state index in [9.17, 15) is 0 Å². The molecule has 0 bridgehead atoms. The van der Waals surface area contributed by atoms with Crippen molar-refractivity contribution in [2.75, 3.05) is 0 Å². The third kappa shape index (κ3) is 3.71. The topological polar surface area (TPSA) is 12.0 Å². The molecule has 0 amide bonds. The van der Waals surface area contributed by atoms with Crippen LogP contribution in [0.25, 0.3) is 0 Å². The van der Waals surface area contributed by atoms with E-state index in [1.807, 2.05) is 0 Å². The molecule has 0 fully saturated rings. The van der Waals surface area contributed by atoms with Crippen molar-refractivity contribution in [3.63, 3.8) is 0 Å². The summed E-state index contributed by atoms with van der Waals surface area (Å²) in [5.41, 5.74) is 2.73. The molecule has 18 heavy (non-hydrogen) atoms. The first-order chi connectivity index (χ1) is 8.75. The highest BCUT2D eigenvalue weighted by atomic mass is 14.9. The SMILES string of the molecule is CC(Cc1ccccc1)N[C@@H](C)c1ccccc1. The zero-order chi connectivity index (χ0) is 12.8. The minimum atomic E-state index is 0.393. The Balaban J connectivity index is 1.90. The molecular weight excluding hydrogens is 218 g/mol. The predicted octanol–water partition coefficient (Wildman–Crippen LogP) is 3.97. The van der Waals surface area contributed by atoms with Crippen LogP contribution in [-0.2, 0) is 6.42 Å². The standard InChI is InChI=1S/C17H21N/c1-14(13-16-9-5-3-6-10-16)18-15(2)17-11-7-4-8-12-17/h3-12,14-15,18H,13H2,1-2H3/t14?,15-/m0/s1. The number of hydrogen-bond acceptors (Lipinski definition) is 1. The summed E-state index contributed by atoms with van der Waals surface area (Å²) in [4.78, 5) is 0. The summed E-state index contributed by atoms with van der Waals surface area (Å²) in [6.45, 7) is 4.46. The summed E-state index contributed by atoms with van der Waals surface area (Å²) in [6, 6.07) is 22.1. The van der Waals surface area contributed by atoms with Gasteiger partial charge in [0.15, 0.2) is 0 Å². The monoisotopic (exact) mass is 239 g/mol. The minimum Gasteiger partial charge on any atom is -0.307 e. The summed E-state index contributed by atoms with van der Waals surface area (Å²) in [7, 11) is 0. The fourth-order valence-electron chi connectivity index (χ4n) is 2.29. The molecule has 0 spiro atoms. The maximum Gasteiger partial charge on any atom is 0.0294 e. The zero-order valence-corrected chi connectivity index (χ0v) is 11.1. The van der Waals surface area contributed by atoms with Gasteiger partial charge in [-0.1, -0.05) is 60.7 Å². The first-order valence-corrected chi connectivity index (χ1v) is 6.60. The van der Waals surface area contributed by atoms with E-state index in [4.69, 9.17) is 0 Å². The summed E-state index contributed by atoms with van der Waals surface area (Å²) >= 11 is 0. The summed E-state index contributed by atoms with van der Waals surface area (Å²) in [6.07, 6.45) is 1.07. The Kier molecular flexibility index (Phi) is 4.54. The predicted molar refractivity (Wildman–Crippen MR) is 77.6 cm³/mol. The number of rotatable bonds is 5. The van der Waals surface area contributed by atoms with Gasteiger partial charge in [0, 0.05) is 12.1 Å². The number of nitrogens with one attached hydrogen (secondary N) is 1. The van der Waals surface area contributed by atoms with E-state index in [0.717, 1.165) is 6.42 Å². The molecular formula is C17H21N. The summed E-state index contributed by atoms with van der Waals surface area (Å²) in [5.74, 6) is 0. The van der Waals surface area contributed by atoms with Crippen molar-refractivity contribution in [1.82, 2.24) is 5.32 Å². The maximum atomic E-state index is 3.64. The second-order valence-electron chi connectivity index (χ2n) is 4.89. The van der Waals surface area contributed by atoms with E-state index < -0.39 is 0 Å². The Labute approximate surface area is 110 Å². The van der Waals surface area contributed by atoms with Crippen molar-refractivity contribution in [3.8, 4) is 0 Å². The van der Waals surface area contributed by atoms with E-state index in [1.54, 1.807) is 0 Å². The summed E-state index contributed by atoms with van der Waals surface area (Å²) < 4.78 is 0. The Morgan fingerprint density at radius 1 is 0.833 bits per heavy atom. The molecule has 2 aromatic carbocycles. The lowest BCUT2D eigenvalue weighted by Crippen LogP contribution is -2.30. The van der Waals surface area contributed by atoms with Crippen LogP contribution in [0.1, 0.15) is 31.0 Å². The lowest BCUT2D eigenvalue weighted by molar-refractivity contribution is 0.477. The number of benzene rings is 2. The second-order valence-corrected chi connectivity index (χ2v) is 4.89. The highest BCUT2D eigenvalue weighted by Gasteiger charge is 2.09. The van der Waals surface area contributed by atoms with Gasteiger partial charge < -0.3 is 5.32 Å². The van der Waals surface area contributed by atoms with Gasteiger partial charge in [-0.15, -0.1) is 0 Å². The molecule has 0 radical (unpaired) electrons. The highest BCUT2D eigenvalue weighted by Crippen LogP contribution is 2.13. The molecule has 0 aliphatic rings. The Hall–Kier alpha value is -1.60. The van der Waals surface area contributed by atoms with Gasteiger partial charge in [0.05, 0.1) is 0 Å². The van der Waals surface area contributed by atoms with Crippen LogP contribution < -0.4 is 5.32 Å². The molecule has 2 atom stereocenters. The molecule has 2 aromatic rings. The van der Waals surface area contributed by atoms with Gasteiger partial charge in [-0.25, -0.2) is 0 Å². The van der Waals surface area contributed by atoms with Crippen LogP contribution in [0, 0.1) is 0 Å². The third-order valence-electron chi connectivity index (χ3n) is 3.22. The van der Waals surface area contributed by atoms with Crippen molar-refractivity contribution < 1.29 is 0 Å². The largest absolute Gasteiger partial charge is 0.307 e. The van der Waals surface area contributed by atoms with Gasteiger partial charge in [-0.2, -0.15) is 0 Å².